The maximum Gasteiger partial charge on any atom is 1.15 e. The van der Waals surface area contributed by atoms with Crippen molar-refractivity contribution in [2.24, 2.45) is 0 Å². The summed E-state index contributed by atoms with van der Waals surface area (Å²) in [6.07, 6.45) is 1.20. The molecule has 3 aromatic carbocycles. The lowest BCUT2D eigenvalue weighted by molar-refractivity contribution is -0.145. The van der Waals surface area contributed by atoms with Crippen molar-refractivity contribution in [3.05, 3.63) is 88.5 Å². The minimum absolute atomic E-state index is 0.0342. The molecule has 0 radical (unpaired) electrons. The summed E-state index contributed by atoms with van der Waals surface area (Å²) >= 11 is -3.92. The quantitative estimate of drug-likeness (QED) is 0.0910. The van der Waals surface area contributed by atoms with Crippen LogP contribution >= 0.6 is 0 Å². The van der Waals surface area contributed by atoms with Crippen molar-refractivity contribution in [2.75, 3.05) is 78.6 Å². The molecule has 2 N–H and O–H groups in total. The smallest absolute Gasteiger partial charge is 0.558 e. The fourth-order valence-corrected chi connectivity index (χ4v) is 8.74. The van der Waals surface area contributed by atoms with Crippen LogP contribution in [0.25, 0.3) is 23.3 Å². The molecule has 3 saturated heterocycles. The van der Waals surface area contributed by atoms with E-state index in [0.29, 0.717) is 78.0 Å². The average molecular weight is 896 g/mol. The summed E-state index contributed by atoms with van der Waals surface area (Å²) in [5, 5.41) is 12.8. The van der Waals surface area contributed by atoms with Crippen molar-refractivity contribution in [3.8, 4) is 16.9 Å². The molecule has 63 heavy (non-hydrogen) atoms. The van der Waals surface area contributed by atoms with Gasteiger partial charge in [0.2, 0.25) is 5.91 Å². The number of carbonyl (C=O) groups excluding carboxylic acids is 3. The van der Waals surface area contributed by atoms with Crippen molar-refractivity contribution >= 4 is 51.2 Å². The minimum atomic E-state index is -4.71. The predicted octanol–water partition coefficient (Wildman–Crippen LogP) is 5.54. The lowest BCUT2D eigenvalue weighted by atomic mass is 9.95. The van der Waals surface area contributed by atoms with Crippen molar-refractivity contribution in [1.82, 2.24) is 24.9 Å². The number of rotatable bonds is 14. The van der Waals surface area contributed by atoms with E-state index in [9.17, 15) is 41.0 Å². The fourth-order valence-electron chi connectivity index (χ4n) is 8.13. The summed E-state index contributed by atoms with van der Waals surface area (Å²) in [6, 6.07) is 17.1. The van der Waals surface area contributed by atoms with E-state index in [0.717, 1.165) is 34.7 Å². The van der Waals surface area contributed by atoms with Gasteiger partial charge in [0.25, 0.3) is 11.9 Å². The molecule has 2 unspecified atom stereocenters. The molecule has 3 aromatic rings. The van der Waals surface area contributed by atoms with Gasteiger partial charge in [0, 0.05) is 57.9 Å². The number of fused-ring (bicyclic) bond motifs is 3. The molecule has 338 valence electrons. The average Bonchev–Trinajstić information content (AvgIpc) is 3.31. The van der Waals surface area contributed by atoms with Crippen LogP contribution in [-0.4, -0.2) is 148 Å². The number of hydrogen-bond acceptors (Lipinski definition) is 11. The Bertz CT molecular complexity index is 2060. The van der Waals surface area contributed by atoms with Gasteiger partial charge in [-0.1, -0.05) is 67.1 Å². The largest absolute Gasteiger partial charge is 1.15 e. The normalized spacial score (nSPS) is 20.8. The SMILES string of the molecule is Cc1c(/C=C/c2cc(OCCCCNC(=O)CN3CCN4CCN(CC3)CC(=O)[O][Al]([F])[O]C(=O)C4)c(CN3CCCC[C@H]3C(=O)O)cc2C(F)(F)F)cccc1-c1ccccc1. The third-order valence-electron chi connectivity index (χ3n) is 11.6. The zero-order valence-electron chi connectivity index (χ0n) is 35.4. The number of amides is 1. The maximum absolute atomic E-state index is 14.8. The first kappa shape index (κ1) is 47.6. The van der Waals surface area contributed by atoms with Crippen LogP contribution in [0, 0.1) is 6.92 Å². The van der Waals surface area contributed by atoms with Crippen LogP contribution in [0.3, 0.4) is 0 Å². The lowest BCUT2D eigenvalue weighted by Gasteiger charge is -2.33. The number of aliphatic carboxylic acids is 1. The number of nitrogens with one attached hydrogen (secondary N) is 1. The van der Waals surface area contributed by atoms with Crippen molar-refractivity contribution in [2.45, 2.75) is 57.8 Å². The lowest BCUT2D eigenvalue weighted by Crippen LogP contribution is -2.44. The zero-order chi connectivity index (χ0) is 44.9. The molecule has 18 heteroatoms. The van der Waals surface area contributed by atoms with Crippen LogP contribution in [0.5, 0.6) is 5.75 Å². The van der Waals surface area contributed by atoms with Crippen LogP contribution in [0.15, 0.2) is 60.7 Å². The van der Waals surface area contributed by atoms with Gasteiger partial charge in [-0.05, 0) is 79.1 Å². The van der Waals surface area contributed by atoms with E-state index in [2.05, 4.69) is 5.32 Å². The number of hydrogen-bond donors (Lipinski definition) is 2. The van der Waals surface area contributed by atoms with E-state index in [1.54, 1.807) is 20.8 Å². The van der Waals surface area contributed by atoms with Gasteiger partial charge in [0.05, 0.1) is 31.8 Å². The molecule has 3 atom stereocenters. The van der Waals surface area contributed by atoms with E-state index < -0.39 is 51.0 Å². The second-order valence-corrected chi connectivity index (χ2v) is 17.1. The van der Waals surface area contributed by atoms with Crippen molar-refractivity contribution < 1.29 is 53.3 Å². The van der Waals surface area contributed by atoms with E-state index >= 15 is 0 Å². The number of alkyl halides is 3. The number of likely N-dealkylation sites (tertiary alicyclic amines) is 1. The molecular formula is C45H54AlF4N5O8. The second-order valence-electron chi connectivity index (χ2n) is 16.1. The van der Waals surface area contributed by atoms with E-state index in [1.807, 2.05) is 60.4 Å². The third-order valence-corrected chi connectivity index (χ3v) is 12.5. The van der Waals surface area contributed by atoms with Gasteiger partial charge < -0.3 is 26.3 Å². The molecule has 3 heterocycles. The van der Waals surface area contributed by atoms with Gasteiger partial charge >= 0.3 is 27.4 Å². The summed E-state index contributed by atoms with van der Waals surface area (Å²) < 4.78 is 73.9. The van der Waals surface area contributed by atoms with Crippen LogP contribution < -0.4 is 10.1 Å². The van der Waals surface area contributed by atoms with Crippen LogP contribution in [0.1, 0.15) is 59.9 Å². The maximum atomic E-state index is 14.8. The van der Waals surface area contributed by atoms with Crippen molar-refractivity contribution in [3.63, 3.8) is 0 Å². The molecule has 1 amide bonds. The first-order chi connectivity index (χ1) is 30.2. The number of carboxylic acid groups (broad SMARTS) is 1. The van der Waals surface area contributed by atoms with Gasteiger partial charge in [-0.25, -0.2) is 0 Å². The number of piperidine rings is 1. The molecular weight excluding hydrogens is 841 g/mol. The Balaban J connectivity index is 1.11. The summed E-state index contributed by atoms with van der Waals surface area (Å²) in [6.45, 7) is 5.09. The van der Waals surface area contributed by atoms with Gasteiger partial charge in [-0.2, -0.15) is 13.2 Å². The van der Waals surface area contributed by atoms with Crippen molar-refractivity contribution in [1.29, 1.82) is 0 Å². The van der Waals surface area contributed by atoms with Gasteiger partial charge in [0.15, 0.2) is 0 Å². The molecule has 2 bridgehead atoms. The Morgan fingerprint density at radius 2 is 1.54 bits per heavy atom. The number of carbonyl (C=O) groups is 4. The molecule has 0 aromatic heterocycles. The highest BCUT2D eigenvalue weighted by Gasteiger charge is 2.43. The summed E-state index contributed by atoms with van der Waals surface area (Å²) in [7, 11) is 0. The zero-order valence-corrected chi connectivity index (χ0v) is 36.6. The van der Waals surface area contributed by atoms with E-state index in [-0.39, 0.29) is 55.6 Å². The number of halogens is 4. The standard InChI is InChI=1S/C45H56F3N5O8.Al.FH/c1-32-33(12-9-13-37(32)34-10-3-2-4-11-34)15-16-35-27-40(36(26-38(35)45(46,47)48)28-53-18-7-5-14-39(53)44(59)60)61-25-8-6-17-49-41(54)29-50-19-21-51(30-42(55)56)23-24-52(22-20-50)31-43(57)58;;/h2-4,9-13,15-16,26-27,39H,5-8,14,17-25,28-31H2,1H3,(H,49,54)(H,55,56)(H,57,58)(H,59,60);;1H/q;+3;/p-3/b16-15+;;/t39-;;/m0../s1. The summed E-state index contributed by atoms with van der Waals surface area (Å²) in [4.78, 5) is 56.9. The minimum Gasteiger partial charge on any atom is -0.558 e. The molecule has 13 nitrogen and oxygen atoms in total. The Morgan fingerprint density at radius 3 is 2.21 bits per heavy atom. The molecule has 3 fully saturated rings. The summed E-state index contributed by atoms with van der Waals surface area (Å²) in [5.74, 6) is -2.64. The molecule has 3 aliphatic rings. The summed E-state index contributed by atoms with van der Waals surface area (Å²) in [5.41, 5.74) is 2.92. The topological polar surface area (TPSA) is 141 Å². The number of nitrogens with zero attached hydrogens (tertiary/aromatic N) is 4. The molecule has 0 saturated carbocycles. The van der Waals surface area contributed by atoms with Gasteiger partial charge in [-0.3, -0.25) is 38.8 Å². The van der Waals surface area contributed by atoms with Crippen LogP contribution in [0.4, 0.5) is 16.7 Å². The highest BCUT2D eigenvalue weighted by Crippen LogP contribution is 2.38. The Hall–Kier alpha value is -4.83. The first-order valence-electron chi connectivity index (χ1n) is 21.4. The fraction of sp³-hybridized carbons (Fsp3) is 0.467. The van der Waals surface area contributed by atoms with Gasteiger partial charge in [0.1, 0.15) is 11.8 Å². The Morgan fingerprint density at radius 1 is 0.873 bits per heavy atom. The molecule has 3 aliphatic heterocycles. The highest BCUT2D eigenvalue weighted by molar-refractivity contribution is 6.41. The first-order valence-corrected chi connectivity index (χ1v) is 22.7. The van der Waals surface area contributed by atoms with E-state index in [1.165, 1.54) is 12.1 Å². The van der Waals surface area contributed by atoms with Crippen LogP contribution in [0.2, 0.25) is 0 Å². The van der Waals surface area contributed by atoms with Gasteiger partial charge in [-0.15, -0.1) is 0 Å². The third kappa shape index (κ3) is 14.1. The Labute approximate surface area is 370 Å². The van der Waals surface area contributed by atoms with Crippen LogP contribution in [-0.2, 0) is 39.5 Å². The molecule has 0 aliphatic carbocycles. The molecule has 0 spiro atoms. The number of carboxylic acids is 1. The molecule has 6 rings (SSSR count). The highest BCUT2D eigenvalue weighted by atomic mass is 27.3. The van der Waals surface area contributed by atoms with E-state index in [4.69, 9.17) is 12.3 Å². The Kier molecular flexibility index (Phi) is 17.2. The predicted molar refractivity (Wildman–Crippen MR) is 229 cm³/mol. The monoisotopic (exact) mass is 895 g/mol. The number of benzene rings is 3. The number of ether oxygens (including phenoxy) is 1. The second kappa shape index (κ2) is 22.7. The number of unbranched alkanes of at least 4 members (excludes halogenated alkanes) is 1.